The number of carbonyl (C=O) groups is 1. The van der Waals surface area contributed by atoms with Gasteiger partial charge in [-0.15, -0.1) is 0 Å². The second-order valence-corrected chi connectivity index (χ2v) is 6.03. The molecule has 0 spiro atoms. The van der Waals surface area contributed by atoms with Gasteiger partial charge < -0.3 is 11.1 Å². The molecule has 0 aliphatic rings. The highest BCUT2D eigenvalue weighted by molar-refractivity contribution is 7.89. The number of anilines is 1. The van der Waals surface area contributed by atoms with Crippen LogP contribution >= 0.6 is 0 Å². The topological polar surface area (TPSA) is 110 Å². The van der Waals surface area contributed by atoms with Gasteiger partial charge in [-0.05, 0) is 13.8 Å². The Kier molecular flexibility index (Phi) is 5.52. The summed E-state index contributed by atoms with van der Waals surface area (Å²) in [6.45, 7) is 6.17. The summed E-state index contributed by atoms with van der Waals surface area (Å²) in [6.07, 6.45) is 1.38. The van der Waals surface area contributed by atoms with Gasteiger partial charge in [-0.1, -0.05) is 6.92 Å². The number of aryl methyl sites for hydroxylation is 1. The average Bonchev–Trinajstić information content (AvgIpc) is 2.78. The van der Waals surface area contributed by atoms with E-state index < -0.39 is 10.0 Å². The van der Waals surface area contributed by atoms with Crippen LogP contribution in [0, 0.1) is 0 Å². The predicted octanol–water partition coefficient (Wildman–Crippen LogP) is -0.368. The first-order chi connectivity index (χ1) is 9.36. The van der Waals surface area contributed by atoms with Crippen LogP contribution in [-0.2, 0) is 21.4 Å². The van der Waals surface area contributed by atoms with Crippen molar-refractivity contribution in [3.63, 3.8) is 0 Å². The van der Waals surface area contributed by atoms with Crippen molar-refractivity contribution in [3.8, 4) is 0 Å². The molecule has 0 unspecified atom stereocenters. The van der Waals surface area contributed by atoms with E-state index in [1.165, 1.54) is 10.9 Å². The minimum atomic E-state index is -3.82. The zero-order valence-electron chi connectivity index (χ0n) is 12.0. The van der Waals surface area contributed by atoms with Gasteiger partial charge in [-0.25, -0.2) is 8.42 Å². The number of nitrogens with zero attached hydrogens (tertiary/aromatic N) is 3. The molecule has 0 atom stereocenters. The van der Waals surface area contributed by atoms with Crippen LogP contribution in [0.3, 0.4) is 0 Å². The molecular weight excluding hydrogens is 282 g/mol. The lowest BCUT2D eigenvalue weighted by Crippen LogP contribution is -2.40. The first-order valence-electron chi connectivity index (χ1n) is 6.46. The van der Waals surface area contributed by atoms with E-state index in [0.717, 1.165) is 4.31 Å². The summed E-state index contributed by atoms with van der Waals surface area (Å²) in [6, 6.07) is 0. The molecule has 1 aromatic heterocycles. The summed E-state index contributed by atoms with van der Waals surface area (Å²) in [7, 11) is -3.82. The van der Waals surface area contributed by atoms with Crippen LogP contribution in [0.4, 0.5) is 5.82 Å². The maximum absolute atomic E-state index is 12.5. The van der Waals surface area contributed by atoms with Crippen LogP contribution in [0.15, 0.2) is 11.1 Å². The van der Waals surface area contributed by atoms with Gasteiger partial charge in [0.25, 0.3) is 0 Å². The van der Waals surface area contributed by atoms with Crippen LogP contribution in [0.1, 0.15) is 20.8 Å². The quantitative estimate of drug-likeness (QED) is 0.714. The lowest BCUT2D eigenvalue weighted by Gasteiger charge is -2.19. The van der Waals surface area contributed by atoms with E-state index in [9.17, 15) is 13.2 Å². The monoisotopic (exact) mass is 303 g/mol. The zero-order chi connectivity index (χ0) is 15.3. The summed E-state index contributed by atoms with van der Waals surface area (Å²) < 4.78 is 27.5. The molecular formula is C11H21N5O3S. The number of hydrogen-bond donors (Lipinski definition) is 2. The van der Waals surface area contributed by atoms with Crippen molar-refractivity contribution >= 4 is 21.7 Å². The molecule has 0 saturated carbocycles. The van der Waals surface area contributed by atoms with Crippen molar-refractivity contribution in [1.82, 2.24) is 19.4 Å². The Balaban J connectivity index is 3.05. The van der Waals surface area contributed by atoms with Crippen molar-refractivity contribution in [2.75, 3.05) is 25.4 Å². The maximum Gasteiger partial charge on any atom is 0.248 e. The van der Waals surface area contributed by atoms with E-state index in [0.29, 0.717) is 13.1 Å². The lowest BCUT2D eigenvalue weighted by atomic mass is 10.5. The third kappa shape index (κ3) is 3.48. The highest BCUT2D eigenvalue weighted by Gasteiger charge is 2.29. The fraction of sp³-hybridized carbons (Fsp3) is 0.636. The van der Waals surface area contributed by atoms with E-state index >= 15 is 0 Å². The molecule has 20 heavy (non-hydrogen) atoms. The molecule has 3 N–H and O–H groups in total. The second kappa shape index (κ2) is 6.71. The first kappa shape index (κ1) is 16.4. The Morgan fingerprint density at radius 2 is 2.10 bits per heavy atom. The molecule has 1 amide bonds. The highest BCUT2D eigenvalue weighted by atomic mass is 32.2. The Labute approximate surface area is 119 Å². The van der Waals surface area contributed by atoms with Gasteiger partial charge in [-0.2, -0.15) is 9.40 Å². The number of nitrogens with one attached hydrogen (secondary N) is 1. The molecule has 1 heterocycles. The van der Waals surface area contributed by atoms with Crippen LogP contribution in [0.25, 0.3) is 0 Å². The molecule has 0 aromatic carbocycles. The van der Waals surface area contributed by atoms with Crippen LogP contribution in [-0.4, -0.2) is 48.0 Å². The average molecular weight is 303 g/mol. The summed E-state index contributed by atoms with van der Waals surface area (Å²) in [5.41, 5.74) is 5.65. The van der Waals surface area contributed by atoms with Crippen molar-refractivity contribution in [2.45, 2.75) is 32.2 Å². The summed E-state index contributed by atoms with van der Waals surface area (Å²) in [5.74, 6) is -0.402. The van der Waals surface area contributed by atoms with Crippen molar-refractivity contribution in [2.24, 2.45) is 0 Å². The number of likely N-dealkylation sites (N-methyl/N-ethyl adjacent to an activating group) is 2. The summed E-state index contributed by atoms with van der Waals surface area (Å²) in [5, 5.41) is 6.48. The minimum Gasteiger partial charge on any atom is -0.381 e. The van der Waals surface area contributed by atoms with Crippen molar-refractivity contribution < 1.29 is 13.2 Å². The van der Waals surface area contributed by atoms with Crippen LogP contribution in [0.2, 0.25) is 0 Å². The number of amides is 1. The highest BCUT2D eigenvalue weighted by Crippen LogP contribution is 2.20. The standard InChI is InChI=1S/C11H21N5O3S/c1-4-13-10(17)8-16(6-3)20(18,19)9-7-15(5-2)14-11(9)12/h7H,4-6,8H2,1-3H3,(H2,12,14)(H,13,17). The van der Waals surface area contributed by atoms with Gasteiger partial charge in [0.1, 0.15) is 4.90 Å². The fourth-order valence-electron chi connectivity index (χ4n) is 1.70. The summed E-state index contributed by atoms with van der Waals surface area (Å²) in [4.78, 5) is 11.5. The van der Waals surface area contributed by atoms with Gasteiger partial charge in [0, 0.05) is 25.8 Å². The van der Waals surface area contributed by atoms with Gasteiger partial charge in [0.15, 0.2) is 5.82 Å². The van der Waals surface area contributed by atoms with E-state index in [1.54, 1.807) is 13.8 Å². The molecule has 0 radical (unpaired) electrons. The predicted molar refractivity (Wildman–Crippen MR) is 75.4 cm³/mol. The SMILES string of the molecule is CCNC(=O)CN(CC)S(=O)(=O)c1cn(CC)nc1N. The van der Waals surface area contributed by atoms with E-state index in [-0.39, 0.29) is 29.7 Å². The third-order valence-corrected chi connectivity index (χ3v) is 4.68. The minimum absolute atomic E-state index is 0.0544. The number of nitrogen functional groups attached to an aromatic ring is 1. The molecule has 1 rings (SSSR count). The Bertz CT molecular complexity index is 567. The van der Waals surface area contributed by atoms with Crippen molar-refractivity contribution in [1.29, 1.82) is 0 Å². The van der Waals surface area contributed by atoms with Crippen LogP contribution < -0.4 is 11.1 Å². The van der Waals surface area contributed by atoms with Crippen LogP contribution in [0.5, 0.6) is 0 Å². The Morgan fingerprint density at radius 1 is 1.45 bits per heavy atom. The molecule has 0 aliphatic heterocycles. The molecule has 1 aromatic rings. The fourth-order valence-corrected chi connectivity index (χ4v) is 3.16. The number of aromatic nitrogens is 2. The molecule has 114 valence electrons. The molecule has 0 bridgehead atoms. The van der Waals surface area contributed by atoms with E-state index in [4.69, 9.17) is 5.73 Å². The third-order valence-electron chi connectivity index (χ3n) is 2.74. The number of hydrogen-bond acceptors (Lipinski definition) is 5. The molecule has 0 aliphatic carbocycles. The zero-order valence-corrected chi connectivity index (χ0v) is 12.8. The molecule has 8 nitrogen and oxygen atoms in total. The first-order valence-corrected chi connectivity index (χ1v) is 7.90. The van der Waals surface area contributed by atoms with Gasteiger partial charge in [0.2, 0.25) is 15.9 Å². The van der Waals surface area contributed by atoms with Gasteiger partial charge in [0.05, 0.1) is 6.54 Å². The smallest absolute Gasteiger partial charge is 0.248 e. The largest absolute Gasteiger partial charge is 0.381 e. The summed E-state index contributed by atoms with van der Waals surface area (Å²) >= 11 is 0. The van der Waals surface area contributed by atoms with Crippen molar-refractivity contribution in [3.05, 3.63) is 6.20 Å². The molecule has 9 heteroatoms. The second-order valence-electron chi connectivity index (χ2n) is 4.12. The Hall–Kier alpha value is -1.61. The number of sulfonamides is 1. The number of nitrogens with two attached hydrogens (primary N) is 1. The lowest BCUT2D eigenvalue weighted by molar-refractivity contribution is -0.121. The normalized spacial score (nSPS) is 11.8. The van der Waals surface area contributed by atoms with Gasteiger partial charge in [-0.3, -0.25) is 9.48 Å². The molecule has 0 saturated heterocycles. The number of carbonyl (C=O) groups excluding carboxylic acids is 1. The number of rotatable bonds is 7. The maximum atomic E-state index is 12.5. The van der Waals surface area contributed by atoms with Gasteiger partial charge >= 0.3 is 0 Å². The Morgan fingerprint density at radius 3 is 2.55 bits per heavy atom. The molecule has 0 fully saturated rings. The van der Waals surface area contributed by atoms with E-state index in [1.807, 2.05) is 6.92 Å². The van der Waals surface area contributed by atoms with E-state index in [2.05, 4.69) is 10.4 Å².